The fraction of sp³-hybridized carbons (Fsp3) is 0.619. The Morgan fingerprint density at radius 2 is 2.00 bits per heavy atom. The monoisotopic (exact) mass is 430 g/mol. The maximum atomic E-state index is 13.0. The number of hydrogen-bond acceptors (Lipinski definition) is 6. The number of nitrogens with zero attached hydrogens (tertiary/aromatic N) is 4. The van der Waals surface area contributed by atoms with Crippen LogP contribution in [0, 0.1) is 11.3 Å². The largest absolute Gasteiger partial charge is 0.326 e. The van der Waals surface area contributed by atoms with Crippen molar-refractivity contribution in [1.29, 1.82) is 5.26 Å². The quantitative estimate of drug-likeness (QED) is 0.546. The fourth-order valence-electron chi connectivity index (χ4n) is 4.52. The van der Waals surface area contributed by atoms with Crippen molar-refractivity contribution in [2.45, 2.75) is 68.5 Å². The van der Waals surface area contributed by atoms with Gasteiger partial charge in [-0.05, 0) is 44.1 Å². The van der Waals surface area contributed by atoms with Crippen LogP contribution in [0.2, 0.25) is 0 Å². The number of carbonyl (C=O) groups is 1. The summed E-state index contributed by atoms with van der Waals surface area (Å²) in [6.45, 7) is 0. The van der Waals surface area contributed by atoms with Crippen LogP contribution in [0.1, 0.15) is 55.4 Å². The van der Waals surface area contributed by atoms with Crippen LogP contribution in [0.3, 0.4) is 0 Å². The lowest BCUT2D eigenvalue weighted by molar-refractivity contribution is -0.131. The molecule has 4 rings (SSSR count). The summed E-state index contributed by atoms with van der Waals surface area (Å²) in [4.78, 5) is 34.3. The number of carbonyl (C=O) groups excluding carboxylic acids is 1. The molecule has 8 heteroatoms. The van der Waals surface area contributed by atoms with E-state index < -0.39 is 5.54 Å². The number of amides is 1. The van der Waals surface area contributed by atoms with E-state index in [0.717, 1.165) is 61.6 Å². The van der Waals surface area contributed by atoms with E-state index in [-0.39, 0.29) is 17.2 Å². The highest BCUT2D eigenvalue weighted by Gasteiger charge is 2.38. The molecule has 29 heavy (non-hydrogen) atoms. The molecule has 2 aliphatic rings. The van der Waals surface area contributed by atoms with Crippen LogP contribution >= 0.6 is 23.1 Å². The summed E-state index contributed by atoms with van der Waals surface area (Å²) in [5.41, 5.74) is 0.481. The van der Waals surface area contributed by atoms with E-state index in [4.69, 9.17) is 4.98 Å². The molecule has 0 spiro atoms. The molecule has 0 bridgehead atoms. The Morgan fingerprint density at radius 1 is 1.28 bits per heavy atom. The van der Waals surface area contributed by atoms with E-state index in [0.29, 0.717) is 5.16 Å². The summed E-state index contributed by atoms with van der Waals surface area (Å²) < 4.78 is 1.57. The highest BCUT2D eigenvalue weighted by atomic mass is 32.2. The molecule has 154 valence electrons. The molecule has 0 unspecified atom stereocenters. The number of rotatable bonds is 4. The van der Waals surface area contributed by atoms with Gasteiger partial charge < -0.3 is 4.90 Å². The molecule has 0 atom stereocenters. The van der Waals surface area contributed by atoms with Gasteiger partial charge in [-0.1, -0.05) is 31.0 Å². The van der Waals surface area contributed by atoms with Crippen molar-refractivity contribution >= 4 is 39.2 Å². The number of fused-ring (bicyclic) bond motifs is 3. The van der Waals surface area contributed by atoms with Gasteiger partial charge in [-0.2, -0.15) is 5.26 Å². The topological polar surface area (TPSA) is 79.0 Å². The van der Waals surface area contributed by atoms with Gasteiger partial charge in [-0.3, -0.25) is 14.2 Å². The molecule has 1 amide bonds. The zero-order chi connectivity index (χ0) is 20.6. The minimum Gasteiger partial charge on any atom is -0.326 e. The van der Waals surface area contributed by atoms with Crippen molar-refractivity contribution in [2.24, 2.45) is 7.05 Å². The average molecular weight is 431 g/mol. The molecule has 0 N–H and O–H groups in total. The third-order valence-electron chi connectivity index (χ3n) is 6.39. The summed E-state index contributed by atoms with van der Waals surface area (Å²) >= 11 is 2.92. The summed E-state index contributed by atoms with van der Waals surface area (Å²) in [6, 6.07) is 2.40. The van der Waals surface area contributed by atoms with Gasteiger partial charge in [-0.15, -0.1) is 11.3 Å². The van der Waals surface area contributed by atoms with Gasteiger partial charge in [0.15, 0.2) is 5.16 Å². The second kappa shape index (κ2) is 8.11. The molecule has 6 nitrogen and oxygen atoms in total. The van der Waals surface area contributed by atoms with E-state index in [1.807, 2.05) is 0 Å². The maximum Gasteiger partial charge on any atom is 0.262 e. The van der Waals surface area contributed by atoms with Gasteiger partial charge in [0.25, 0.3) is 5.56 Å². The number of thioether (sulfide) groups is 1. The van der Waals surface area contributed by atoms with E-state index in [1.165, 1.54) is 28.6 Å². The lowest BCUT2D eigenvalue weighted by Crippen LogP contribution is -2.50. The first-order valence-corrected chi connectivity index (χ1v) is 12.1. The van der Waals surface area contributed by atoms with Gasteiger partial charge in [0.05, 0.1) is 17.2 Å². The molecule has 2 heterocycles. The molecule has 0 radical (unpaired) electrons. The molecular formula is C21H26N4O2S2. The summed E-state index contributed by atoms with van der Waals surface area (Å²) in [7, 11) is 3.47. The fourth-order valence-corrected chi connectivity index (χ4v) is 6.71. The van der Waals surface area contributed by atoms with Crippen molar-refractivity contribution in [3.63, 3.8) is 0 Å². The predicted octanol–water partition coefficient (Wildman–Crippen LogP) is 3.65. The van der Waals surface area contributed by atoms with E-state index in [1.54, 1.807) is 34.9 Å². The highest BCUT2D eigenvalue weighted by molar-refractivity contribution is 7.99. The molecule has 0 aliphatic heterocycles. The Bertz CT molecular complexity index is 1040. The molecule has 2 aromatic rings. The molecule has 1 saturated carbocycles. The number of nitriles is 1. The standard InChI is InChI=1S/C21H26N4O2S2/c1-24-19(27)17-14-8-4-5-9-15(14)29-18(17)23-20(24)28-12-16(26)25(2)21(13-22)10-6-3-7-11-21/h3-12H2,1-2H3. The van der Waals surface area contributed by atoms with Gasteiger partial charge in [0.1, 0.15) is 10.4 Å². The summed E-state index contributed by atoms with van der Waals surface area (Å²) in [5, 5.41) is 11.1. The average Bonchev–Trinajstić information content (AvgIpc) is 3.13. The van der Waals surface area contributed by atoms with Crippen LogP contribution in [0.25, 0.3) is 10.2 Å². The molecule has 1 fully saturated rings. The number of aryl methyl sites for hydroxylation is 2. The molecule has 0 aromatic carbocycles. The normalized spacial score (nSPS) is 18.2. The van der Waals surface area contributed by atoms with Crippen LogP contribution in [0.5, 0.6) is 0 Å². The zero-order valence-corrected chi connectivity index (χ0v) is 18.6. The van der Waals surface area contributed by atoms with Gasteiger partial charge >= 0.3 is 0 Å². The lowest BCUT2D eigenvalue weighted by atomic mass is 9.81. The smallest absolute Gasteiger partial charge is 0.262 e. The van der Waals surface area contributed by atoms with Crippen molar-refractivity contribution in [1.82, 2.24) is 14.5 Å². The van der Waals surface area contributed by atoms with E-state index >= 15 is 0 Å². The summed E-state index contributed by atoms with van der Waals surface area (Å²) in [5.74, 6) is 0.0925. The Hall–Kier alpha value is -1.85. The first-order valence-electron chi connectivity index (χ1n) is 10.3. The molecule has 2 aliphatic carbocycles. The van der Waals surface area contributed by atoms with Crippen LogP contribution < -0.4 is 5.56 Å². The minimum absolute atomic E-state index is 0.0153. The Balaban J connectivity index is 1.55. The second-order valence-electron chi connectivity index (χ2n) is 8.10. The van der Waals surface area contributed by atoms with Gasteiger partial charge in [0, 0.05) is 19.0 Å². The number of hydrogen-bond donors (Lipinski definition) is 0. The van der Waals surface area contributed by atoms with Crippen molar-refractivity contribution < 1.29 is 4.79 Å². The third kappa shape index (κ3) is 3.59. The number of aromatic nitrogens is 2. The van der Waals surface area contributed by atoms with Crippen molar-refractivity contribution in [3.05, 3.63) is 20.8 Å². The lowest BCUT2D eigenvalue weighted by Gasteiger charge is -2.39. The van der Waals surface area contributed by atoms with Crippen LogP contribution in [0.4, 0.5) is 0 Å². The SMILES string of the molecule is CN(C(=O)CSc1nc2sc3c(c2c(=O)n1C)CCCC3)C1(C#N)CCCCC1. The first-order chi connectivity index (χ1) is 14.0. The maximum absolute atomic E-state index is 13.0. The van der Waals surface area contributed by atoms with Crippen LogP contribution in [-0.2, 0) is 24.7 Å². The van der Waals surface area contributed by atoms with Crippen molar-refractivity contribution in [3.8, 4) is 6.07 Å². The number of thiophene rings is 1. The molecular weight excluding hydrogens is 404 g/mol. The first kappa shape index (κ1) is 20.4. The Labute approximate surface area is 178 Å². The second-order valence-corrected chi connectivity index (χ2v) is 10.1. The third-order valence-corrected chi connectivity index (χ3v) is 8.59. The Kier molecular flexibility index (Phi) is 5.71. The van der Waals surface area contributed by atoms with Gasteiger partial charge in [-0.25, -0.2) is 4.98 Å². The van der Waals surface area contributed by atoms with E-state index in [9.17, 15) is 14.9 Å². The highest BCUT2D eigenvalue weighted by Crippen LogP contribution is 2.35. The van der Waals surface area contributed by atoms with Gasteiger partial charge in [0.2, 0.25) is 5.91 Å². The van der Waals surface area contributed by atoms with E-state index in [2.05, 4.69) is 6.07 Å². The van der Waals surface area contributed by atoms with Crippen LogP contribution in [-0.4, -0.2) is 38.7 Å². The van der Waals surface area contributed by atoms with Crippen LogP contribution in [0.15, 0.2) is 9.95 Å². The minimum atomic E-state index is -0.689. The Morgan fingerprint density at radius 3 is 2.72 bits per heavy atom. The molecule has 2 aromatic heterocycles. The van der Waals surface area contributed by atoms with Crippen molar-refractivity contribution in [2.75, 3.05) is 12.8 Å². The predicted molar refractivity (Wildman–Crippen MR) is 116 cm³/mol. The zero-order valence-electron chi connectivity index (χ0n) is 17.0. The summed E-state index contributed by atoms with van der Waals surface area (Å²) in [6.07, 6.45) is 8.84. The molecule has 0 saturated heterocycles.